The van der Waals surface area contributed by atoms with Gasteiger partial charge in [0.05, 0.1) is 22.1 Å². The molecule has 4 rings (SSSR count). The molecule has 134 valence electrons. The third-order valence-corrected chi connectivity index (χ3v) is 5.94. The van der Waals surface area contributed by atoms with E-state index in [1.54, 1.807) is 0 Å². The highest BCUT2D eigenvalue weighted by molar-refractivity contribution is 7.22. The molecule has 2 atom stereocenters. The minimum atomic E-state index is -0.395. The molecule has 1 aromatic heterocycles. The molecule has 0 radical (unpaired) electrons. The molecule has 1 saturated heterocycles. The Morgan fingerprint density at radius 1 is 1.23 bits per heavy atom. The number of nitrogens with one attached hydrogen (secondary N) is 1. The fourth-order valence-electron chi connectivity index (χ4n) is 3.57. The SMILES string of the molecule is CCc1ccc2nc(NC(=O)CN3C(=O)[C@H]4CC=CC[C@H]4C3=O)sc2c1. The summed E-state index contributed by atoms with van der Waals surface area (Å²) in [7, 11) is 0. The number of carbonyl (C=O) groups is 3. The van der Waals surface area contributed by atoms with Gasteiger partial charge in [-0.05, 0) is 37.0 Å². The average Bonchev–Trinajstić information content (AvgIpc) is 3.15. The van der Waals surface area contributed by atoms with E-state index in [1.807, 2.05) is 24.3 Å². The van der Waals surface area contributed by atoms with E-state index in [4.69, 9.17) is 0 Å². The van der Waals surface area contributed by atoms with Crippen molar-refractivity contribution in [2.45, 2.75) is 26.2 Å². The Kier molecular flexibility index (Phi) is 4.32. The quantitative estimate of drug-likeness (QED) is 0.664. The van der Waals surface area contributed by atoms with E-state index in [0.29, 0.717) is 18.0 Å². The lowest BCUT2D eigenvalue weighted by atomic mass is 9.85. The van der Waals surface area contributed by atoms with Crippen molar-refractivity contribution in [1.82, 2.24) is 9.88 Å². The third kappa shape index (κ3) is 2.92. The smallest absolute Gasteiger partial charge is 0.246 e. The normalized spacial score (nSPS) is 22.1. The van der Waals surface area contributed by atoms with Crippen LogP contribution in [0.15, 0.2) is 30.4 Å². The third-order valence-electron chi connectivity index (χ3n) is 5.01. The molecule has 1 aromatic carbocycles. The van der Waals surface area contributed by atoms with Crippen LogP contribution in [0, 0.1) is 11.8 Å². The van der Waals surface area contributed by atoms with Crippen molar-refractivity contribution < 1.29 is 14.4 Å². The average molecular weight is 369 g/mol. The highest BCUT2D eigenvalue weighted by atomic mass is 32.1. The summed E-state index contributed by atoms with van der Waals surface area (Å²) in [5.74, 6) is -1.49. The number of aryl methyl sites for hydroxylation is 1. The first-order valence-corrected chi connectivity index (χ1v) is 9.58. The Hall–Kier alpha value is -2.54. The van der Waals surface area contributed by atoms with E-state index in [1.165, 1.54) is 16.9 Å². The number of rotatable bonds is 4. The number of hydrogen-bond acceptors (Lipinski definition) is 5. The molecular formula is C19H19N3O3S. The van der Waals surface area contributed by atoms with Crippen LogP contribution in [0.1, 0.15) is 25.3 Å². The van der Waals surface area contributed by atoms with Gasteiger partial charge in [-0.1, -0.05) is 36.5 Å². The fourth-order valence-corrected chi connectivity index (χ4v) is 4.52. The molecule has 26 heavy (non-hydrogen) atoms. The first-order chi connectivity index (χ1) is 12.6. The van der Waals surface area contributed by atoms with Crippen molar-refractivity contribution in [3.63, 3.8) is 0 Å². The molecule has 0 saturated carbocycles. The molecule has 2 aromatic rings. The first-order valence-electron chi connectivity index (χ1n) is 8.76. The van der Waals surface area contributed by atoms with Gasteiger partial charge in [0, 0.05) is 0 Å². The summed E-state index contributed by atoms with van der Waals surface area (Å²) in [5.41, 5.74) is 2.04. The number of hydrogen-bond donors (Lipinski definition) is 1. The molecule has 1 aliphatic heterocycles. The number of carbonyl (C=O) groups excluding carboxylic acids is 3. The number of likely N-dealkylation sites (tertiary alicyclic amines) is 1. The standard InChI is InChI=1S/C19H19N3O3S/c1-2-11-7-8-14-15(9-11)26-19(20-14)21-16(23)10-22-17(24)12-5-3-4-6-13(12)18(22)25/h3-4,7-9,12-13H,2,5-6,10H2,1H3,(H,20,21,23)/t12-,13+. The molecule has 2 aliphatic rings. The van der Waals surface area contributed by atoms with Crippen LogP contribution in [-0.2, 0) is 20.8 Å². The van der Waals surface area contributed by atoms with Gasteiger partial charge in [-0.25, -0.2) is 4.98 Å². The summed E-state index contributed by atoms with van der Waals surface area (Å²) in [6, 6.07) is 6.02. The highest BCUT2D eigenvalue weighted by Crippen LogP contribution is 2.35. The molecule has 0 spiro atoms. The summed E-state index contributed by atoms with van der Waals surface area (Å²) >= 11 is 1.39. The molecule has 1 aliphatic carbocycles. The van der Waals surface area contributed by atoms with E-state index in [9.17, 15) is 14.4 Å². The monoisotopic (exact) mass is 369 g/mol. The summed E-state index contributed by atoms with van der Waals surface area (Å²) in [4.78, 5) is 42.7. The molecular weight excluding hydrogens is 350 g/mol. The van der Waals surface area contributed by atoms with Crippen LogP contribution in [0.3, 0.4) is 0 Å². The van der Waals surface area contributed by atoms with E-state index in [-0.39, 0.29) is 30.2 Å². The van der Waals surface area contributed by atoms with Gasteiger partial charge < -0.3 is 5.32 Å². The number of nitrogens with zero attached hydrogens (tertiary/aromatic N) is 2. The van der Waals surface area contributed by atoms with Gasteiger partial charge in [0.2, 0.25) is 17.7 Å². The van der Waals surface area contributed by atoms with Crippen LogP contribution in [0.4, 0.5) is 5.13 Å². The number of amides is 3. The molecule has 2 heterocycles. The molecule has 0 bridgehead atoms. The van der Waals surface area contributed by atoms with Crippen LogP contribution in [-0.4, -0.2) is 34.2 Å². The number of aromatic nitrogens is 1. The van der Waals surface area contributed by atoms with Crippen LogP contribution in [0.25, 0.3) is 10.2 Å². The van der Waals surface area contributed by atoms with E-state index >= 15 is 0 Å². The second-order valence-electron chi connectivity index (χ2n) is 6.64. The van der Waals surface area contributed by atoms with Crippen LogP contribution < -0.4 is 5.32 Å². The lowest BCUT2D eigenvalue weighted by molar-refractivity contribution is -0.142. The van der Waals surface area contributed by atoms with Gasteiger partial charge in [0.1, 0.15) is 6.54 Å². The number of benzene rings is 1. The van der Waals surface area contributed by atoms with Gasteiger partial charge in [0.15, 0.2) is 5.13 Å². The minimum Gasteiger partial charge on any atom is -0.300 e. The number of imide groups is 1. The molecule has 0 unspecified atom stereocenters. The summed E-state index contributed by atoms with van der Waals surface area (Å²) in [5, 5.41) is 3.21. The second kappa shape index (κ2) is 6.64. The van der Waals surface area contributed by atoms with E-state index < -0.39 is 5.91 Å². The summed E-state index contributed by atoms with van der Waals surface area (Å²) in [6.45, 7) is 1.84. The number of allylic oxidation sites excluding steroid dienone is 2. The molecule has 7 heteroatoms. The second-order valence-corrected chi connectivity index (χ2v) is 7.67. The van der Waals surface area contributed by atoms with Crippen molar-refractivity contribution in [3.05, 3.63) is 35.9 Å². The van der Waals surface area contributed by atoms with E-state index in [2.05, 4.69) is 23.3 Å². The Morgan fingerprint density at radius 2 is 1.92 bits per heavy atom. The largest absolute Gasteiger partial charge is 0.300 e. The predicted octanol–water partition coefficient (Wildman–Crippen LogP) is 2.75. The maximum Gasteiger partial charge on any atom is 0.246 e. The van der Waals surface area contributed by atoms with Crippen LogP contribution in [0.2, 0.25) is 0 Å². The number of anilines is 1. The Bertz CT molecular complexity index is 907. The van der Waals surface area contributed by atoms with Gasteiger partial charge in [0.25, 0.3) is 0 Å². The number of thiazole rings is 1. The number of fused-ring (bicyclic) bond motifs is 2. The summed E-state index contributed by atoms with van der Waals surface area (Å²) < 4.78 is 1.00. The Labute approximate surface area is 154 Å². The lowest BCUT2D eigenvalue weighted by Gasteiger charge is -2.14. The first kappa shape index (κ1) is 16.9. The zero-order valence-corrected chi connectivity index (χ0v) is 15.2. The molecule has 6 nitrogen and oxygen atoms in total. The topological polar surface area (TPSA) is 79.4 Å². The zero-order valence-electron chi connectivity index (χ0n) is 14.4. The summed E-state index contributed by atoms with van der Waals surface area (Å²) in [6.07, 6.45) is 5.95. The van der Waals surface area contributed by atoms with Crippen molar-refractivity contribution in [3.8, 4) is 0 Å². The highest BCUT2D eigenvalue weighted by Gasteiger charge is 2.47. The maximum absolute atomic E-state index is 12.4. The Morgan fingerprint density at radius 3 is 2.58 bits per heavy atom. The Balaban J connectivity index is 1.46. The molecule has 3 amide bonds. The fraction of sp³-hybridized carbons (Fsp3) is 0.368. The minimum absolute atomic E-state index is 0.239. The van der Waals surface area contributed by atoms with Crippen LogP contribution in [0.5, 0.6) is 0 Å². The van der Waals surface area contributed by atoms with Gasteiger partial charge in [-0.3, -0.25) is 19.3 Å². The van der Waals surface area contributed by atoms with E-state index in [0.717, 1.165) is 21.5 Å². The van der Waals surface area contributed by atoms with Gasteiger partial charge in [-0.2, -0.15) is 0 Å². The van der Waals surface area contributed by atoms with Crippen molar-refractivity contribution >= 4 is 44.4 Å². The predicted molar refractivity (Wildman–Crippen MR) is 99.7 cm³/mol. The van der Waals surface area contributed by atoms with Gasteiger partial charge in [-0.15, -0.1) is 0 Å². The van der Waals surface area contributed by atoms with Crippen molar-refractivity contribution in [2.75, 3.05) is 11.9 Å². The lowest BCUT2D eigenvalue weighted by Crippen LogP contribution is -2.38. The van der Waals surface area contributed by atoms with Crippen LogP contribution >= 0.6 is 11.3 Å². The zero-order chi connectivity index (χ0) is 18.3. The van der Waals surface area contributed by atoms with Crippen molar-refractivity contribution in [1.29, 1.82) is 0 Å². The molecule has 1 N–H and O–H groups in total. The van der Waals surface area contributed by atoms with Crippen molar-refractivity contribution in [2.24, 2.45) is 11.8 Å². The van der Waals surface area contributed by atoms with Gasteiger partial charge >= 0.3 is 0 Å². The maximum atomic E-state index is 12.4. The molecule has 1 fully saturated rings.